The van der Waals surface area contributed by atoms with Gasteiger partial charge in [-0.2, -0.15) is 0 Å². The van der Waals surface area contributed by atoms with Crippen LogP contribution in [-0.2, 0) is 16.0 Å². The van der Waals surface area contributed by atoms with Crippen molar-refractivity contribution in [2.75, 3.05) is 32.6 Å². The van der Waals surface area contributed by atoms with Crippen molar-refractivity contribution in [3.63, 3.8) is 0 Å². The van der Waals surface area contributed by atoms with Crippen molar-refractivity contribution in [1.29, 1.82) is 0 Å². The van der Waals surface area contributed by atoms with Crippen LogP contribution in [0.25, 0.3) is 0 Å². The van der Waals surface area contributed by atoms with Crippen LogP contribution in [0.5, 0.6) is 11.5 Å². The predicted octanol–water partition coefficient (Wildman–Crippen LogP) is 3.22. The molecule has 0 spiro atoms. The number of urea groups is 1. The Balaban J connectivity index is 1.56. The second-order valence-electron chi connectivity index (χ2n) is 8.39. The van der Waals surface area contributed by atoms with E-state index in [0.717, 1.165) is 5.56 Å². The summed E-state index contributed by atoms with van der Waals surface area (Å²) < 4.78 is 10.6. The first kappa shape index (κ1) is 26.2. The molecule has 0 unspecified atom stereocenters. The Morgan fingerprint density at radius 1 is 1.03 bits per heavy atom. The van der Waals surface area contributed by atoms with Gasteiger partial charge >= 0.3 is 6.03 Å². The fourth-order valence-electron chi connectivity index (χ4n) is 3.94. The number of piperidine rings is 1. The van der Waals surface area contributed by atoms with Crippen LogP contribution in [0.2, 0.25) is 5.02 Å². The number of benzene rings is 2. The highest BCUT2D eigenvalue weighted by Crippen LogP contribution is 2.23. The minimum absolute atomic E-state index is 0.0989. The third-order valence-electron chi connectivity index (χ3n) is 5.77. The molecular formula is C25H31ClN4O5. The van der Waals surface area contributed by atoms with Gasteiger partial charge < -0.3 is 30.3 Å². The van der Waals surface area contributed by atoms with Crippen LogP contribution >= 0.6 is 11.6 Å². The zero-order valence-electron chi connectivity index (χ0n) is 20.1. The Kier molecular flexibility index (Phi) is 9.19. The van der Waals surface area contributed by atoms with E-state index in [1.807, 2.05) is 12.1 Å². The first-order valence-corrected chi connectivity index (χ1v) is 11.8. The summed E-state index contributed by atoms with van der Waals surface area (Å²) in [5.74, 6) is 0.635. The van der Waals surface area contributed by atoms with Crippen LogP contribution < -0.4 is 25.4 Å². The Hall–Kier alpha value is -3.46. The van der Waals surface area contributed by atoms with E-state index in [-0.39, 0.29) is 30.3 Å². The molecule has 0 aliphatic carbocycles. The maximum absolute atomic E-state index is 13.1. The smallest absolute Gasteiger partial charge is 0.321 e. The van der Waals surface area contributed by atoms with Gasteiger partial charge in [-0.15, -0.1) is 0 Å². The normalized spacial score (nSPS) is 14.6. The number of methoxy groups -OCH3 is 2. The largest absolute Gasteiger partial charge is 0.497 e. The molecule has 0 saturated carbocycles. The van der Waals surface area contributed by atoms with Gasteiger partial charge in [0.2, 0.25) is 11.8 Å². The lowest BCUT2D eigenvalue weighted by atomic mass is 10.0. The molecule has 3 N–H and O–H groups in total. The minimum atomic E-state index is -0.754. The summed E-state index contributed by atoms with van der Waals surface area (Å²) in [6, 6.07) is 11.2. The first-order chi connectivity index (χ1) is 16.8. The average Bonchev–Trinajstić information content (AvgIpc) is 2.84. The molecule has 9 nitrogen and oxygen atoms in total. The molecule has 10 heteroatoms. The molecule has 0 bridgehead atoms. The van der Waals surface area contributed by atoms with E-state index in [9.17, 15) is 14.4 Å². The minimum Gasteiger partial charge on any atom is -0.497 e. The van der Waals surface area contributed by atoms with Gasteiger partial charge in [-0.05, 0) is 54.8 Å². The van der Waals surface area contributed by atoms with Crippen molar-refractivity contribution in [3.8, 4) is 11.5 Å². The number of carbonyl (C=O) groups excluding carboxylic acids is 3. The third-order valence-corrected chi connectivity index (χ3v) is 6.02. The number of anilines is 1. The average molecular weight is 503 g/mol. The molecule has 0 radical (unpaired) electrons. The van der Waals surface area contributed by atoms with Crippen molar-refractivity contribution in [3.05, 3.63) is 53.1 Å². The second kappa shape index (κ2) is 12.3. The van der Waals surface area contributed by atoms with E-state index >= 15 is 0 Å². The number of carbonyl (C=O) groups is 3. The zero-order chi connectivity index (χ0) is 25.4. The van der Waals surface area contributed by atoms with Crippen LogP contribution in [0.15, 0.2) is 42.5 Å². The van der Waals surface area contributed by atoms with Gasteiger partial charge in [0.05, 0.1) is 14.2 Å². The van der Waals surface area contributed by atoms with Gasteiger partial charge in [-0.1, -0.05) is 11.6 Å². The summed E-state index contributed by atoms with van der Waals surface area (Å²) in [5.41, 5.74) is 1.46. The number of rotatable bonds is 8. The number of nitrogens with zero attached hydrogens (tertiary/aromatic N) is 1. The molecule has 1 aliphatic rings. The van der Waals surface area contributed by atoms with Gasteiger partial charge in [-0.3, -0.25) is 9.59 Å². The van der Waals surface area contributed by atoms with Crippen molar-refractivity contribution >= 4 is 35.1 Å². The summed E-state index contributed by atoms with van der Waals surface area (Å²) in [6.45, 7) is 2.38. The predicted molar refractivity (Wildman–Crippen MR) is 134 cm³/mol. The number of ether oxygens (including phenoxy) is 2. The van der Waals surface area contributed by atoms with Crippen LogP contribution in [0.4, 0.5) is 10.5 Å². The van der Waals surface area contributed by atoms with Crippen LogP contribution in [0.1, 0.15) is 25.3 Å². The van der Waals surface area contributed by atoms with Gasteiger partial charge in [0.25, 0.3) is 0 Å². The zero-order valence-corrected chi connectivity index (χ0v) is 20.9. The molecule has 0 aromatic heterocycles. The van der Waals surface area contributed by atoms with Gasteiger partial charge in [0.1, 0.15) is 17.5 Å². The number of nitrogens with one attached hydrogen (secondary N) is 3. The number of amides is 4. The standard InChI is InChI=1S/C25H31ClN4O5/c1-16(31)27-23(14-17-12-21(34-2)15-22(13-17)35-3)24(32)28-20-8-10-30(11-9-20)25(33)29-19-6-4-18(26)5-7-19/h4-7,12-13,15,20,23H,8-11,14H2,1-3H3,(H,27,31)(H,28,32)(H,29,33)/t23-/m0/s1. The maximum atomic E-state index is 13.1. The molecule has 1 aliphatic heterocycles. The highest BCUT2D eigenvalue weighted by atomic mass is 35.5. The summed E-state index contributed by atoms with van der Waals surface area (Å²) in [5, 5.41) is 9.22. The van der Waals surface area contributed by atoms with Crippen molar-refractivity contribution in [2.24, 2.45) is 0 Å². The molecule has 2 aromatic rings. The quantitative estimate of drug-likeness (QED) is 0.513. The van der Waals surface area contributed by atoms with E-state index in [0.29, 0.717) is 48.1 Å². The topological polar surface area (TPSA) is 109 Å². The molecule has 1 saturated heterocycles. The first-order valence-electron chi connectivity index (χ1n) is 11.4. The van der Waals surface area contributed by atoms with Crippen LogP contribution in [-0.4, -0.2) is 62.1 Å². The molecule has 1 heterocycles. The fraction of sp³-hybridized carbons (Fsp3) is 0.400. The molecule has 1 atom stereocenters. The molecule has 4 amide bonds. The molecular weight excluding hydrogens is 472 g/mol. The Labute approximate surface area is 210 Å². The summed E-state index contributed by atoms with van der Waals surface area (Å²) in [4.78, 5) is 39.1. The van der Waals surface area contributed by atoms with E-state index in [1.54, 1.807) is 49.5 Å². The number of likely N-dealkylation sites (tertiary alicyclic amines) is 1. The molecule has 2 aromatic carbocycles. The highest BCUT2D eigenvalue weighted by molar-refractivity contribution is 6.30. The van der Waals surface area contributed by atoms with Crippen molar-refractivity contribution in [2.45, 2.75) is 38.3 Å². The van der Waals surface area contributed by atoms with Gasteiger partial charge in [0, 0.05) is 49.3 Å². The number of hydrogen-bond acceptors (Lipinski definition) is 5. The SMILES string of the molecule is COc1cc(C[C@H](NC(C)=O)C(=O)NC2CCN(C(=O)Nc3ccc(Cl)cc3)CC2)cc(OC)c1. The lowest BCUT2D eigenvalue weighted by Gasteiger charge is -2.33. The van der Waals surface area contributed by atoms with E-state index < -0.39 is 6.04 Å². The monoisotopic (exact) mass is 502 g/mol. The van der Waals surface area contributed by atoms with Gasteiger partial charge in [-0.25, -0.2) is 4.79 Å². The second-order valence-corrected chi connectivity index (χ2v) is 8.82. The summed E-state index contributed by atoms with van der Waals surface area (Å²) >= 11 is 5.88. The molecule has 1 fully saturated rings. The summed E-state index contributed by atoms with van der Waals surface area (Å²) in [7, 11) is 3.11. The van der Waals surface area contributed by atoms with Crippen molar-refractivity contribution < 1.29 is 23.9 Å². The fourth-order valence-corrected chi connectivity index (χ4v) is 4.06. The van der Waals surface area contributed by atoms with Crippen LogP contribution in [0, 0.1) is 0 Å². The number of hydrogen-bond donors (Lipinski definition) is 3. The molecule has 3 rings (SSSR count). The van der Waals surface area contributed by atoms with E-state index in [1.165, 1.54) is 6.92 Å². The van der Waals surface area contributed by atoms with Crippen LogP contribution in [0.3, 0.4) is 0 Å². The maximum Gasteiger partial charge on any atom is 0.321 e. The van der Waals surface area contributed by atoms with Crippen molar-refractivity contribution in [1.82, 2.24) is 15.5 Å². The Bertz CT molecular complexity index is 1020. The molecule has 35 heavy (non-hydrogen) atoms. The highest BCUT2D eigenvalue weighted by Gasteiger charge is 2.27. The summed E-state index contributed by atoms with van der Waals surface area (Å²) in [6.07, 6.45) is 1.50. The lowest BCUT2D eigenvalue weighted by molar-refractivity contribution is -0.128. The van der Waals surface area contributed by atoms with E-state index in [4.69, 9.17) is 21.1 Å². The number of halogens is 1. The lowest BCUT2D eigenvalue weighted by Crippen LogP contribution is -2.53. The van der Waals surface area contributed by atoms with E-state index in [2.05, 4.69) is 16.0 Å². The Morgan fingerprint density at radius 2 is 1.63 bits per heavy atom. The molecule has 188 valence electrons. The third kappa shape index (κ3) is 7.78. The Morgan fingerprint density at radius 3 is 2.17 bits per heavy atom. The van der Waals surface area contributed by atoms with Gasteiger partial charge in [0.15, 0.2) is 0 Å².